The predicted molar refractivity (Wildman–Crippen MR) is 82.0 cm³/mol. The molecule has 1 aromatic rings. The Labute approximate surface area is 120 Å². The smallest absolute Gasteiger partial charge is 0.224 e. The van der Waals surface area contributed by atoms with Gasteiger partial charge in [0.05, 0.1) is 6.61 Å². The maximum absolute atomic E-state index is 11.9. The summed E-state index contributed by atoms with van der Waals surface area (Å²) in [6, 6.07) is 7.74. The molecule has 0 unspecified atom stereocenters. The molecule has 0 spiro atoms. The summed E-state index contributed by atoms with van der Waals surface area (Å²) in [4.78, 5) is 13.9. The summed E-state index contributed by atoms with van der Waals surface area (Å²) in [5.74, 6) is 0.693. The van der Waals surface area contributed by atoms with Gasteiger partial charge in [0.2, 0.25) is 5.91 Å². The van der Waals surface area contributed by atoms with Crippen LogP contribution in [0.2, 0.25) is 0 Å². The highest BCUT2D eigenvalue weighted by atomic mass is 16.3. The van der Waals surface area contributed by atoms with E-state index < -0.39 is 0 Å². The number of rotatable bonds is 6. The van der Waals surface area contributed by atoms with Gasteiger partial charge in [0.15, 0.2) is 0 Å². The van der Waals surface area contributed by atoms with Gasteiger partial charge in [-0.3, -0.25) is 4.79 Å². The summed E-state index contributed by atoms with van der Waals surface area (Å²) < 4.78 is 0. The zero-order valence-electron chi connectivity index (χ0n) is 12.1. The van der Waals surface area contributed by atoms with Gasteiger partial charge in [-0.2, -0.15) is 0 Å². The second kappa shape index (κ2) is 7.29. The van der Waals surface area contributed by atoms with E-state index in [9.17, 15) is 4.79 Å². The molecule has 2 rings (SSSR count). The fourth-order valence-electron chi connectivity index (χ4n) is 2.77. The predicted octanol–water partition coefficient (Wildman–Crippen LogP) is 2.63. The van der Waals surface area contributed by atoms with Crippen molar-refractivity contribution in [2.24, 2.45) is 5.92 Å². The number of benzene rings is 1. The SMILES string of the molecule is CN(CCO)c1ccc(NC(=O)CC2CCCC2)cc1. The average molecular weight is 276 g/mol. The van der Waals surface area contributed by atoms with Crippen LogP contribution in [0.15, 0.2) is 24.3 Å². The van der Waals surface area contributed by atoms with E-state index in [0.29, 0.717) is 18.9 Å². The van der Waals surface area contributed by atoms with Crippen molar-refractivity contribution < 1.29 is 9.90 Å². The molecule has 0 bridgehead atoms. The average Bonchev–Trinajstić information content (AvgIpc) is 2.92. The van der Waals surface area contributed by atoms with Crippen LogP contribution in [0.25, 0.3) is 0 Å². The Morgan fingerprint density at radius 3 is 2.55 bits per heavy atom. The Balaban J connectivity index is 1.84. The minimum atomic E-state index is 0.119. The van der Waals surface area contributed by atoms with Crippen LogP contribution in [0.5, 0.6) is 0 Å². The van der Waals surface area contributed by atoms with Crippen molar-refractivity contribution in [1.82, 2.24) is 0 Å². The minimum Gasteiger partial charge on any atom is -0.395 e. The summed E-state index contributed by atoms with van der Waals surface area (Å²) >= 11 is 0. The van der Waals surface area contributed by atoms with E-state index in [2.05, 4.69) is 5.32 Å². The molecule has 4 heteroatoms. The van der Waals surface area contributed by atoms with E-state index in [1.54, 1.807) is 0 Å². The van der Waals surface area contributed by atoms with Gasteiger partial charge >= 0.3 is 0 Å². The molecule has 1 fully saturated rings. The zero-order chi connectivity index (χ0) is 14.4. The number of hydrogen-bond acceptors (Lipinski definition) is 3. The number of carbonyl (C=O) groups is 1. The molecule has 1 saturated carbocycles. The van der Waals surface area contributed by atoms with Gasteiger partial charge < -0.3 is 15.3 Å². The first kappa shape index (κ1) is 14.9. The summed E-state index contributed by atoms with van der Waals surface area (Å²) in [5, 5.41) is 11.9. The Hall–Kier alpha value is -1.55. The molecular weight excluding hydrogens is 252 g/mol. The van der Waals surface area contributed by atoms with E-state index in [1.807, 2.05) is 36.2 Å². The molecule has 0 aromatic heterocycles. The molecule has 1 aliphatic rings. The lowest BCUT2D eigenvalue weighted by Crippen LogP contribution is -2.21. The third-order valence-corrected chi connectivity index (χ3v) is 3.98. The largest absolute Gasteiger partial charge is 0.395 e. The summed E-state index contributed by atoms with van der Waals surface area (Å²) in [7, 11) is 1.93. The van der Waals surface area contributed by atoms with Gasteiger partial charge in [-0.1, -0.05) is 12.8 Å². The van der Waals surface area contributed by atoms with Gasteiger partial charge in [-0.15, -0.1) is 0 Å². The Kier molecular flexibility index (Phi) is 5.41. The first-order valence-electron chi connectivity index (χ1n) is 7.41. The van der Waals surface area contributed by atoms with Crippen molar-refractivity contribution in [1.29, 1.82) is 0 Å². The molecule has 4 nitrogen and oxygen atoms in total. The number of carbonyl (C=O) groups excluding carboxylic acids is 1. The Bertz CT molecular complexity index is 425. The van der Waals surface area contributed by atoms with Gasteiger partial charge in [0, 0.05) is 31.4 Å². The van der Waals surface area contributed by atoms with Crippen molar-refractivity contribution in [3.8, 4) is 0 Å². The van der Waals surface area contributed by atoms with E-state index in [1.165, 1.54) is 25.7 Å². The number of amides is 1. The van der Waals surface area contributed by atoms with Crippen molar-refractivity contribution in [3.63, 3.8) is 0 Å². The van der Waals surface area contributed by atoms with Crippen LogP contribution < -0.4 is 10.2 Å². The molecule has 110 valence electrons. The quantitative estimate of drug-likeness (QED) is 0.840. The summed E-state index contributed by atoms with van der Waals surface area (Å²) in [6.07, 6.45) is 5.57. The number of anilines is 2. The fourth-order valence-corrected chi connectivity index (χ4v) is 2.77. The van der Waals surface area contributed by atoms with Crippen molar-refractivity contribution >= 4 is 17.3 Å². The number of aliphatic hydroxyl groups is 1. The molecule has 20 heavy (non-hydrogen) atoms. The number of hydrogen-bond donors (Lipinski definition) is 2. The number of aliphatic hydroxyl groups excluding tert-OH is 1. The molecule has 2 N–H and O–H groups in total. The van der Waals surface area contributed by atoms with Crippen LogP contribution in [-0.2, 0) is 4.79 Å². The third-order valence-electron chi connectivity index (χ3n) is 3.98. The van der Waals surface area contributed by atoms with Crippen molar-refractivity contribution in [2.75, 3.05) is 30.4 Å². The topological polar surface area (TPSA) is 52.6 Å². The van der Waals surface area contributed by atoms with Crippen LogP contribution in [-0.4, -0.2) is 31.2 Å². The monoisotopic (exact) mass is 276 g/mol. The maximum Gasteiger partial charge on any atom is 0.224 e. The first-order valence-corrected chi connectivity index (χ1v) is 7.41. The molecule has 0 aliphatic heterocycles. The van der Waals surface area contributed by atoms with Gasteiger partial charge in [0.1, 0.15) is 0 Å². The lowest BCUT2D eigenvalue weighted by Gasteiger charge is -2.18. The zero-order valence-corrected chi connectivity index (χ0v) is 12.1. The third kappa shape index (κ3) is 4.23. The van der Waals surface area contributed by atoms with Crippen LogP contribution in [0.1, 0.15) is 32.1 Å². The Morgan fingerprint density at radius 1 is 1.30 bits per heavy atom. The molecule has 0 heterocycles. The van der Waals surface area contributed by atoms with Crippen LogP contribution >= 0.6 is 0 Å². The van der Waals surface area contributed by atoms with Crippen LogP contribution in [0, 0.1) is 5.92 Å². The van der Waals surface area contributed by atoms with Gasteiger partial charge in [-0.25, -0.2) is 0 Å². The second-order valence-electron chi connectivity index (χ2n) is 5.59. The van der Waals surface area contributed by atoms with Crippen LogP contribution in [0.4, 0.5) is 11.4 Å². The highest BCUT2D eigenvalue weighted by molar-refractivity contribution is 5.91. The van der Waals surface area contributed by atoms with E-state index in [4.69, 9.17) is 5.11 Å². The number of likely N-dealkylation sites (N-methyl/N-ethyl adjacent to an activating group) is 1. The minimum absolute atomic E-state index is 0.119. The van der Waals surface area contributed by atoms with E-state index in [0.717, 1.165) is 11.4 Å². The van der Waals surface area contributed by atoms with E-state index in [-0.39, 0.29) is 12.5 Å². The van der Waals surface area contributed by atoms with Crippen molar-refractivity contribution in [3.05, 3.63) is 24.3 Å². The molecule has 0 radical (unpaired) electrons. The molecule has 1 aromatic carbocycles. The maximum atomic E-state index is 11.9. The molecule has 0 saturated heterocycles. The standard InChI is InChI=1S/C16H24N2O2/c1-18(10-11-19)15-8-6-14(7-9-15)17-16(20)12-13-4-2-3-5-13/h6-9,13,19H,2-5,10-12H2,1H3,(H,17,20). The first-order chi connectivity index (χ1) is 9.69. The lowest BCUT2D eigenvalue weighted by molar-refractivity contribution is -0.117. The lowest BCUT2D eigenvalue weighted by atomic mass is 10.0. The van der Waals surface area contributed by atoms with Gasteiger partial charge in [-0.05, 0) is 43.0 Å². The molecule has 1 aliphatic carbocycles. The number of nitrogens with zero attached hydrogens (tertiary/aromatic N) is 1. The van der Waals surface area contributed by atoms with Crippen molar-refractivity contribution in [2.45, 2.75) is 32.1 Å². The Morgan fingerprint density at radius 2 is 1.95 bits per heavy atom. The molecule has 1 amide bonds. The second-order valence-corrected chi connectivity index (χ2v) is 5.59. The van der Waals surface area contributed by atoms with Gasteiger partial charge in [0.25, 0.3) is 0 Å². The number of nitrogens with one attached hydrogen (secondary N) is 1. The highest BCUT2D eigenvalue weighted by Gasteiger charge is 2.18. The summed E-state index contributed by atoms with van der Waals surface area (Å²) in [5.41, 5.74) is 1.88. The fraction of sp³-hybridized carbons (Fsp3) is 0.562. The molecular formula is C16H24N2O2. The summed E-state index contributed by atoms with van der Waals surface area (Å²) in [6.45, 7) is 0.740. The van der Waals surface area contributed by atoms with Crippen LogP contribution in [0.3, 0.4) is 0 Å². The molecule has 0 atom stereocenters. The van der Waals surface area contributed by atoms with E-state index >= 15 is 0 Å². The normalized spacial score (nSPS) is 15.3. The highest BCUT2D eigenvalue weighted by Crippen LogP contribution is 2.27.